The van der Waals surface area contributed by atoms with Crippen LogP contribution in [0.15, 0.2) is 12.1 Å². The SMILES string of the molecule is CCCCN(CCCC)C(=O)CN1C[C@H](c2cc(OC)c3c(c2)OCO3)C(C(=O)O)[C@@H]1CCN1CCC(=O)N(C)C1=O. The standard InChI is InChI=1S/C30H44N4O8/c1-5-7-11-32(12-8-6-2)26(36)18-34-17-21(20-15-23(40-4)28-24(16-20)41-19-42-28)27(29(37)38)22(34)9-13-33-14-10-25(35)31(3)30(33)39/h15-16,21-22,27H,5-14,17-19H2,1-4H3,(H,37,38)/t21-,22+,27?/m1/s1. The maximum Gasteiger partial charge on any atom is 0.326 e. The van der Waals surface area contributed by atoms with Crippen molar-refractivity contribution < 1.29 is 38.5 Å². The highest BCUT2D eigenvalue weighted by atomic mass is 16.7. The Morgan fingerprint density at radius 2 is 1.83 bits per heavy atom. The number of likely N-dealkylation sites (tertiary alicyclic amines) is 1. The summed E-state index contributed by atoms with van der Waals surface area (Å²) in [6.07, 6.45) is 4.32. The van der Waals surface area contributed by atoms with E-state index >= 15 is 0 Å². The first-order valence-corrected chi connectivity index (χ1v) is 15.0. The van der Waals surface area contributed by atoms with Crippen LogP contribution in [0.4, 0.5) is 4.79 Å². The molecule has 2 fully saturated rings. The maximum absolute atomic E-state index is 13.6. The summed E-state index contributed by atoms with van der Waals surface area (Å²) in [5.41, 5.74) is 0.733. The molecule has 42 heavy (non-hydrogen) atoms. The Hall–Kier alpha value is -3.54. The fourth-order valence-corrected chi connectivity index (χ4v) is 6.20. The van der Waals surface area contributed by atoms with E-state index in [1.165, 1.54) is 14.2 Å². The fourth-order valence-electron chi connectivity index (χ4n) is 6.20. The number of hydrogen-bond acceptors (Lipinski definition) is 8. The van der Waals surface area contributed by atoms with E-state index in [2.05, 4.69) is 13.8 Å². The number of nitrogens with zero attached hydrogens (tertiary/aromatic N) is 4. The van der Waals surface area contributed by atoms with E-state index in [0.717, 1.165) is 36.1 Å². The van der Waals surface area contributed by atoms with E-state index in [-0.39, 0.29) is 50.7 Å². The van der Waals surface area contributed by atoms with Crippen molar-refractivity contribution >= 4 is 23.8 Å². The van der Waals surface area contributed by atoms with E-state index < -0.39 is 23.8 Å². The summed E-state index contributed by atoms with van der Waals surface area (Å²) in [6, 6.07) is 2.70. The van der Waals surface area contributed by atoms with Gasteiger partial charge in [-0.15, -0.1) is 0 Å². The second-order valence-corrected chi connectivity index (χ2v) is 11.3. The molecule has 0 aromatic heterocycles. The molecule has 3 aliphatic heterocycles. The summed E-state index contributed by atoms with van der Waals surface area (Å²) in [5, 5.41) is 10.6. The molecule has 0 saturated carbocycles. The van der Waals surface area contributed by atoms with E-state index in [1.54, 1.807) is 17.0 Å². The number of hydrogen-bond donors (Lipinski definition) is 1. The van der Waals surface area contributed by atoms with Crippen molar-refractivity contribution in [1.82, 2.24) is 19.6 Å². The van der Waals surface area contributed by atoms with Crippen molar-refractivity contribution in [3.05, 3.63) is 17.7 Å². The number of urea groups is 1. The zero-order valence-corrected chi connectivity index (χ0v) is 25.2. The van der Waals surface area contributed by atoms with Crippen LogP contribution in [0.1, 0.15) is 63.9 Å². The highest BCUT2D eigenvalue weighted by Gasteiger charge is 2.48. The van der Waals surface area contributed by atoms with Crippen LogP contribution >= 0.6 is 0 Å². The lowest BCUT2D eigenvalue weighted by molar-refractivity contribution is -0.144. The number of carboxylic acid groups (broad SMARTS) is 1. The Morgan fingerprint density at radius 3 is 2.48 bits per heavy atom. The van der Waals surface area contributed by atoms with Gasteiger partial charge in [-0.1, -0.05) is 26.7 Å². The van der Waals surface area contributed by atoms with E-state index in [0.29, 0.717) is 43.3 Å². The predicted octanol–water partition coefficient (Wildman–Crippen LogP) is 3.00. The van der Waals surface area contributed by atoms with Gasteiger partial charge in [0.1, 0.15) is 0 Å². The second-order valence-electron chi connectivity index (χ2n) is 11.3. The molecule has 1 unspecified atom stereocenters. The molecular formula is C30H44N4O8. The Balaban J connectivity index is 1.63. The number of fused-ring (bicyclic) bond motifs is 1. The molecule has 4 amide bonds. The number of carbonyl (C=O) groups is 4. The molecule has 232 valence electrons. The molecule has 4 rings (SSSR count). The first-order chi connectivity index (χ1) is 20.2. The van der Waals surface area contributed by atoms with Gasteiger partial charge in [0.25, 0.3) is 0 Å². The number of carboxylic acids is 1. The number of carbonyl (C=O) groups excluding carboxylic acids is 3. The minimum absolute atomic E-state index is 0.0191. The van der Waals surface area contributed by atoms with Crippen LogP contribution in [0, 0.1) is 5.92 Å². The lowest BCUT2D eigenvalue weighted by Gasteiger charge is -2.34. The minimum Gasteiger partial charge on any atom is -0.493 e. The number of unbranched alkanes of at least 4 members (excludes halogenated alkanes) is 2. The average molecular weight is 589 g/mol. The quantitative estimate of drug-likeness (QED) is 0.349. The first-order valence-electron chi connectivity index (χ1n) is 15.0. The maximum atomic E-state index is 13.6. The number of aliphatic carboxylic acids is 1. The summed E-state index contributed by atoms with van der Waals surface area (Å²) in [6.45, 7) is 6.57. The van der Waals surface area contributed by atoms with Gasteiger partial charge in [-0.2, -0.15) is 0 Å². The highest BCUT2D eigenvalue weighted by molar-refractivity contribution is 5.96. The van der Waals surface area contributed by atoms with Gasteiger partial charge in [-0.25, -0.2) is 4.79 Å². The zero-order chi connectivity index (χ0) is 30.4. The number of methoxy groups -OCH3 is 1. The third-order valence-electron chi connectivity index (χ3n) is 8.62. The van der Waals surface area contributed by atoms with Gasteiger partial charge in [0.2, 0.25) is 24.4 Å². The Labute approximate surface area is 247 Å². The van der Waals surface area contributed by atoms with Crippen LogP contribution in [0.2, 0.25) is 0 Å². The molecule has 3 atom stereocenters. The number of imide groups is 1. The molecule has 0 radical (unpaired) electrons. The van der Waals surface area contributed by atoms with Crippen LogP contribution in [0.5, 0.6) is 17.2 Å². The molecule has 0 bridgehead atoms. The topological polar surface area (TPSA) is 129 Å². The molecule has 0 aliphatic carbocycles. The summed E-state index contributed by atoms with van der Waals surface area (Å²) in [4.78, 5) is 57.9. The number of amides is 4. The van der Waals surface area contributed by atoms with Crippen molar-refractivity contribution in [2.75, 3.05) is 60.2 Å². The minimum atomic E-state index is -0.970. The third-order valence-corrected chi connectivity index (χ3v) is 8.62. The van der Waals surface area contributed by atoms with Gasteiger partial charge in [0.05, 0.1) is 19.6 Å². The molecule has 1 aromatic carbocycles. The molecule has 12 nitrogen and oxygen atoms in total. The monoisotopic (exact) mass is 588 g/mol. The van der Waals surface area contributed by atoms with Gasteiger partial charge in [0.15, 0.2) is 11.5 Å². The molecule has 1 aromatic rings. The summed E-state index contributed by atoms with van der Waals surface area (Å²) in [5.74, 6) is -1.07. The van der Waals surface area contributed by atoms with Crippen LogP contribution in [0.3, 0.4) is 0 Å². The third kappa shape index (κ3) is 6.74. The second kappa shape index (κ2) is 14.1. The van der Waals surface area contributed by atoms with Crippen molar-refractivity contribution in [3.63, 3.8) is 0 Å². The lowest BCUT2D eigenvalue weighted by Crippen LogP contribution is -2.52. The number of ether oxygens (including phenoxy) is 3. The normalized spacial score (nSPS) is 22.1. The summed E-state index contributed by atoms with van der Waals surface area (Å²) >= 11 is 0. The van der Waals surface area contributed by atoms with Gasteiger partial charge < -0.3 is 29.1 Å². The van der Waals surface area contributed by atoms with Crippen LogP contribution in [-0.2, 0) is 14.4 Å². The molecule has 0 spiro atoms. The Bertz CT molecular complexity index is 1150. The molecule has 12 heteroatoms. The van der Waals surface area contributed by atoms with Crippen molar-refractivity contribution in [2.45, 2.75) is 64.3 Å². The highest BCUT2D eigenvalue weighted by Crippen LogP contribution is 2.47. The van der Waals surface area contributed by atoms with Crippen molar-refractivity contribution in [1.29, 1.82) is 0 Å². The summed E-state index contributed by atoms with van der Waals surface area (Å²) < 4.78 is 16.7. The molecule has 3 heterocycles. The molecular weight excluding hydrogens is 544 g/mol. The largest absolute Gasteiger partial charge is 0.493 e. The fraction of sp³-hybridized carbons (Fsp3) is 0.667. The molecule has 3 aliphatic rings. The van der Waals surface area contributed by atoms with Gasteiger partial charge in [-0.05, 0) is 37.0 Å². The smallest absolute Gasteiger partial charge is 0.326 e. The van der Waals surface area contributed by atoms with E-state index in [1.807, 2.05) is 9.80 Å². The van der Waals surface area contributed by atoms with Gasteiger partial charge in [0, 0.05) is 58.2 Å². The van der Waals surface area contributed by atoms with E-state index in [9.17, 15) is 24.3 Å². The lowest BCUT2D eigenvalue weighted by atomic mass is 9.84. The van der Waals surface area contributed by atoms with Crippen LogP contribution in [0.25, 0.3) is 0 Å². The average Bonchev–Trinajstić information content (AvgIpc) is 3.60. The number of rotatable bonds is 14. The number of benzene rings is 1. The zero-order valence-electron chi connectivity index (χ0n) is 25.2. The molecule has 2 saturated heterocycles. The summed E-state index contributed by atoms with van der Waals surface area (Å²) in [7, 11) is 2.98. The van der Waals surface area contributed by atoms with Crippen LogP contribution < -0.4 is 14.2 Å². The Kier molecular flexibility index (Phi) is 10.5. The van der Waals surface area contributed by atoms with Crippen molar-refractivity contribution in [3.8, 4) is 17.2 Å². The van der Waals surface area contributed by atoms with Crippen LogP contribution in [-0.4, -0.2) is 115 Å². The predicted molar refractivity (Wildman–Crippen MR) is 154 cm³/mol. The molecule has 1 N–H and O–H groups in total. The van der Waals surface area contributed by atoms with Gasteiger partial charge in [-0.3, -0.25) is 24.2 Å². The first kappa shape index (κ1) is 31.4. The van der Waals surface area contributed by atoms with Crippen molar-refractivity contribution in [2.24, 2.45) is 5.92 Å². The van der Waals surface area contributed by atoms with Gasteiger partial charge >= 0.3 is 12.0 Å². The Morgan fingerprint density at radius 1 is 1.12 bits per heavy atom. The van der Waals surface area contributed by atoms with E-state index in [4.69, 9.17) is 14.2 Å².